The Kier molecular flexibility index (Phi) is 5.05. The van der Waals surface area contributed by atoms with E-state index in [1.165, 1.54) is 0 Å². The van der Waals surface area contributed by atoms with Gasteiger partial charge in [0.1, 0.15) is 12.3 Å². The molecule has 0 unspecified atom stereocenters. The number of nitrogens with one attached hydrogen (secondary N) is 1. The molecule has 17 heavy (non-hydrogen) atoms. The first-order valence-electron chi connectivity index (χ1n) is 4.96. The third-order valence-electron chi connectivity index (χ3n) is 1.84. The number of benzene rings is 1. The van der Waals surface area contributed by atoms with Gasteiger partial charge in [0.05, 0.1) is 6.61 Å². The summed E-state index contributed by atoms with van der Waals surface area (Å²) in [5.41, 5.74) is 0.485. The second-order valence-electron chi connectivity index (χ2n) is 3.06. The summed E-state index contributed by atoms with van der Waals surface area (Å²) in [6.07, 6.45) is 1.14. The first-order valence-corrected chi connectivity index (χ1v) is 5.34. The second-order valence-corrected chi connectivity index (χ2v) is 3.50. The maximum atomic E-state index is 11.6. The summed E-state index contributed by atoms with van der Waals surface area (Å²) in [5.74, 6) is -0.511. The molecule has 0 atom stereocenters. The van der Waals surface area contributed by atoms with Crippen molar-refractivity contribution in [1.82, 2.24) is 0 Å². The van der Waals surface area contributed by atoms with Gasteiger partial charge in [-0.25, -0.2) is 0 Å². The van der Waals surface area contributed by atoms with Crippen LogP contribution in [0.1, 0.15) is 6.92 Å². The van der Waals surface area contributed by atoms with Gasteiger partial charge in [-0.1, -0.05) is 11.6 Å². The molecular formula is C12H11ClN2O2. The van der Waals surface area contributed by atoms with Crippen LogP contribution in [0.3, 0.4) is 0 Å². The quantitative estimate of drug-likeness (QED) is 0.508. The summed E-state index contributed by atoms with van der Waals surface area (Å²) in [5, 5.41) is 11.9. The Hall–Kier alpha value is -1.99. The third-order valence-corrected chi connectivity index (χ3v) is 2.09. The molecule has 5 heteroatoms. The molecule has 0 saturated heterocycles. The molecule has 0 aliphatic carbocycles. The van der Waals surface area contributed by atoms with Crippen molar-refractivity contribution in [3.05, 3.63) is 41.1 Å². The minimum atomic E-state index is -0.511. The maximum Gasteiger partial charge on any atom is 0.269 e. The highest BCUT2D eigenvalue weighted by atomic mass is 35.5. The van der Waals surface area contributed by atoms with Gasteiger partial charge in [0.2, 0.25) is 0 Å². The van der Waals surface area contributed by atoms with E-state index in [4.69, 9.17) is 21.6 Å². The lowest BCUT2D eigenvalue weighted by Crippen LogP contribution is -2.13. The predicted molar refractivity (Wildman–Crippen MR) is 65.4 cm³/mol. The molecule has 0 aliphatic heterocycles. The molecule has 0 aromatic heterocycles. The summed E-state index contributed by atoms with van der Waals surface area (Å²) in [4.78, 5) is 11.6. The lowest BCUT2D eigenvalue weighted by molar-refractivity contribution is -0.112. The van der Waals surface area contributed by atoms with Gasteiger partial charge in [-0.05, 0) is 31.2 Å². The molecule has 1 aromatic carbocycles. The molecule has 4 nitrogen and oxygen atoms in total. The normalized spacial score (nSPS) is 10.5. The molecule has 88 valence electrons. The summed E-state index contributed by atoms with van der Waals surface area (Å²) in [6.45, 7) is 2.17. The molecule has 0 heterocycles. The average Bonchev–Trinajstić information content (AvgIpc) is 2.33. The van der Waals surface area contributed by atoms with Crippen LogP contribution in [0.25, 0.3) is 0 Å². The largest absolute Gasteiger partial charge is 0.500 e. The number of anilines is 1. The zero-order valence-corrected chi connectivity index (χ0v) is 9.99. The van der Waals surface area contributed by atoms with Crippen LogP contribution in [0.2, 0.25) is 5.02 Å². The van der Waals surface area contributed by atoms with Crippen molar-refractivity contribution in [2.75, 3.05) is 11.9 Å². The number of nitrogens with zero attached hydrogens (tertiary/aromatic N) is 1. The topological polar surface area (TPSA) is 62.1 Å². The predicted octanol–water partition coefficient (Wildman–Crippen LogP) is 2.72. The number of halogens is 1. The Morgan fingerprint density at radius 2 is 2.18 bits per heavy atom. The summed E-state index contributed by atoms with van der Waals surface area (Å²) in [6, 6.07) is 8.36. The Morgan fingerprint density at radius 3 is 2.71 bits per heavy atom. The van der Waals surface area contributed by atoms with Gasteiger partial charge in [0.25, 0.3) is 5.91 Å². The Morgan fingerprint density at radius 1 is 1.53 bits per heavy atom. The minimum absolute atomic E-state index is 0.0817. The van der Waals surface area contributed by atoms with Crippen molar-refractivity contribution in [3.8, 4) is 6.07 Å². The monoisotopic (exact) mass is 250 g/mol. The van der Waals surface area contributed by atoms with Crippen molar-refractivity contribution in [1.29, 1.82) is 5.26 Å². The van der Waals surface area contributed by atoms with Crippen LogP contribution < -0.4 is 5.32 Å². The van der Waals surface area contributed by atoms with Gasteiger partial charge in [-0.2, -0.15) is 5.26 Å². The van der Waals surface area contributed by atoms with E-state index < -0.39 is 5.91 Å². The molecule has 1 rings (SSSR count). The Labute approximate surface area is 104 Å². The van der Waals surface area contributed by atoms with Crippen molar-refractivity contribution < 1.29 is 9.53 Å². The van der Waals surface area contributed by atoms with E-state index in [2.05, 4.69) is 5.32 Å². The number of hydrogen-bond donors (Lipinski definition) is 1. The molecule has 0 spiro atoms. The van der Waals surface area contributed by atoms with E-state index in [9.17, 15) is 4.79 Å². The van der Waals surface area contributed by atoms with Gasteiger partial charge < -0.3 is 10.1 Å². The van der Waals surface area contributed by atoms with Crippen molar-refractivity contribution >= 4 is 23.2 Å². The fraction of sp³-hybridized carbons (Fsp3) is 0.167. The summed E-state index contributed by atoms with van der Waals surface area (Å²) < 4.78 is 4.90. The number of nitriles is 1. The smallest absolute Gasteiger partial charge is 0.269 e. The van der Waals surface area contributed by atoms with Crippen LogP contribution in [-0.4, -0.2) is 12.5 Å². The Bertz CT molecular complexity index is 460. The van der Waals surface area contributed by atoms with Crippen LogP contribution in [-0.2, 0) is 9.53 Å². The average molecular weight is 251 g/mol. The molecule has 1 amide bonds. The third kappa shape index (κ3) is 4.17. The molecule has 1 N–H and O–H groups in total. The fourth-order valence-corrected chi connectivity index (χ4v) is 1.15. The van der Waals surface area contributed by atoms with Gasteiger partial charge in [0.15, 0.2) is 5.57 Å². The number of amides is 1. The first kappa shape index (κ1) is 13.1. The molecule has 0 fully saturated rings. The molecule has 0 aliphatic rings. The SMILES string of the molecule is CCO/C=C(/C#N)C(=O)Nc1ccc(Cl)cc1. The number of hydrogen-bond acceptors (Lipinski definition) is 3. The highest BCUT2D eigenvalue weighted by Crippen LogP contribution is 2.14. The zero-order chi connectivity index (χ0) is 12.7. The summed E-state index contributed by atoms with van der Waals surface area (Å²) in [7, 11) is 0. The van der Waals surface area contributed by atoms with Crippen LogP contribution >= 0.6 is 11.6 Å². The van der Waals surface area contributed by atoms with Crippen molar-refractivity contribution in [3.63, 3.8) is 0 Å². The minimum Gasteiger partial charge on any atom is -0.500 e. The molecule has 0 radical (unpaired) electrons. The van der Waals surface area contributed by atoms with E-state index >= 15 is 0 Å². The lowest BCUT2D eigenvalue weighted by atomic mass is 10.2. The van der Waals surface area contributed by atoms with Crippen LogP contribution in [0.4, 0.5) is 5.69 Å². The summed E-state index contributed by atoms with van der Waals surface area (Å²) >= 11 is 5.71. The van der Waals surface area contributed by atoms with Crippen molar-refractivity contribution in [2.45, 2.75) is 6.92 Å². The van der Waals surface area contributed by atoms with Crippen LogP contribution in [0, 0.1) is 11.3 Å². The first-order chi connectivity index (χ1) is 8.17. The maximum absolute atomic E-state index is 11.6. The second kappa shape index (κ2) is 6.56. The Balaban J connectivity index is 2.71. The number of rotatable bonds is 4. The van der Waals surface area contributed by atoms with E-state index in [1.807, 2.05) is 0 Å². The van der Waals surface area contributed by atoms with E-state index in [-0.39, 0.29) is 5.57 Å². The number of ether oxygens (including phenoxy) is 1. The number of carbonyl (C=O) groups excluding carboxylic acids is 1. The molecular weight excluding hydrogens is 240 g/mol. The van der Waals surface area contributed by atoms with Gasteiger partial charge in [-0.15, -0.1) is 0 Å². The number of carbonyl (C=O) groups is 1. The fourth-order valence-electron chi connectivity index (χ4n) is 1.03. The molecule has 0 bridgehead atoms. The standard InChI is InChI=1S/C12H11ClN2O2/c1-2-17-8-9(7-14)12(16)15-11-5-3-10(13)4-6-11/h3-6,8H,2H2,1H3,(H,15,16)/b9-8-. The van der Waals surface area contributed by atoms with E-state index in [1.54, 1.807) is 37.3 Å². The highest BCUT2D eigenvalue weighted by molar-refractivity contribution is 6.30. The lowest BCUT2D eigenvalue weighted by Gasteiger charge is -2.04. The van der Waals surface area contributed by atoms with Gasteiger partial charge in [0, 0.05) is 10.7 Å². The zero-order valence-electron chi connectivity index (χ0n) is 9.24. The molecule has 1 aromatic rings. The van der Waals surface area contributed by atoms with Crippen LogP contribution in [0.5, 0.6) is 0 Å². The highest BCUT2D eigenvalue weighted by Gasteiger charge is 2.09. The van der Waals surface area contributed by atoms with Crippen LogP contribution in [0.15, 0.2) is 36.1 Å². The van der Waals surface area contributed by atoms with E-state index in [0.717, 1.165) is 6.26 Å². The van der Waals surface area contributed by atoms with Gasteiger partial charge in [-0.3, -0.25) is 4.79 Å². The van der Waals surface area contributed by atoms with E-state index in [0.29, 0.717) is 17.3 Å². The molecule has 0 saturated carbocycles. The van der Waals surface area contributed by atoms with Gasteiger partial charge >= 0.3 is 0 Å². The van der Waals surface area contributed by atoms with Crippen molar-refractivity contribution in [2.24, 2.45) is 0 Å².